The Kier molecular flexibility index (Phi) is 4.28. The summed E-state index contributed by atoms with van der Waals surface area (Å²) in [6.07, 6.45) is -0.623. The smallest absolute Gasteiger partial charge is 0.252 e. The average molecular weight is 409 g/mol. The minimum absolute atomic E-state index is 0.124. The van der Waals surface area contributed by atoms with Crippen molar-refractivity contribution in [2.24, 2.45) is 0 Å². The van der Waals surface area contributed by atoms with Crippen LogP contribution in [0.2, 0.25) is 10.0 Å². The van der Waals surface area contributed by atoms with Crippen molar-refractivity contribution >= 4 is 28.8 Å². The topological polar surface area (TPSA) is 43.1 Å². The molecule has 0 bridgehead atoms. The zero-order valence-electron chi connectivity index (χ0n) is 13.4. The highest BCUT2D eigenvalue weighted by Gasteiger charge is 2.32. The Labute approximate surface area is 161 Å². The number of fused-ring (bicyclic) bond motifs is 1. The molecule has 4 nitrogen and oxygen atoms in total. The third-order valence-electron chi connectivity index (χ3n) is 3.97. The van der Waals surface area contributed by atoms with Crippen molar-refractivity contribution in [2.45, 2.75) is 6.18 Å². The zero-order chi connectivity index (χ0) is 19.2. The third-order valence-corrected chi connectivity index (χ3v) is 4.51. The molecule has 0 N–H and O–H groups in total. The fourth-order valence-electron chi connectivity index (χ4n) is 2.69. The van der Waals surface area contributed by atoms with Crippen LogP contribution < -0.4 is 0 Å². The minimum atomic E-state index is -4.52. The number of nitrogens with zero attached hydrogens (tertiary/aromatic N) is 4. The lowest BCUT2D eigenvalue weighted by atomic mass is 10.1. The number of pyridine rings is 1. The number of hydrogen-bond acceptors (Lipinski definition) is 3. The molecule has 9 heteroatoms. The van der Waals surface area contributed by atoms with Gasteiger partial charge in [0.2, 0.25) is 0 Å². The first kappa shape index (κ1) is 17.8. The van der Waals surface area contributed by atoms with Gasteiger partial charge in [-0.2, -0.15) is 18.3 Å². The molecule has 0 unspecified atom stereocenters. The monoisotopic (exact) mass is 408 g/mol. The highest BCUT2D eigenvalue weighted by atomic mass is 35.5. The molecule has 27 heavy (non-hydrogen) atoms. The summed E-state index contributed by atoms with van der Waals surface area (Å²) in [5, 5.41) is 4.78. The largest absolute Gasteiger partial charge is 0.417 e. The Balaban J connectivity index is 1.86. The van der Waals surface area contributed by atoms with Crippen LogP contribution in [0.5, 0.6) is 0 Å². The molecule has 0 aliphatic heterocycles. The van der Waals surface area contributed by atoms with Crippen molar-refractivity contribution in [3.8, 4) is 22.5 Å². The molecule has 0 spiro atoms. The van der Waals surface area contributed by atoms with Crippen LogP contribution in [0.3, 0.4) is 0 Å². The molecule has 136 valence electrons. The Hall–Kier alpha value is -2.64. The Morgan fingerprint density at radius 3 is 2.33 bits per heavy atom. The number of benzene rings is 1. The molecule has 4 rings (SSSR count). The molecule has 0 saturated carbocycles. The molecule has 0 atom stereocenters. The molecular formula is C18H9Cl2F3N4. The van der Waals surface area contributed by atoms with Crippen LogP contribution >= 0.6 is 23.2 Å². The molecule has 3 aromatic heterocycles. The van der Waals surface area contributed by atoms with Crippen LogP contribution in [0, 0.1) is 0 Å². The van der Waals surface area contributed by atoms with Gasteiger partial charge in [0, 0.05) is 23.0 Å². The molecule has 0 fully saturated rings. The lowest BCUT2D eigenvalue weighted by Gasteiger charge is -2.10. The Morgan fingerprint density at radius 1 is 0.926 bits per heavy atom. The van der Waals surface area contributed by atoms with E-state index >= 15 is 0 Å². The second-order valence-electron chi connectivity index (χ2n) is 5.68. The van der Waals surface area contributed by atoms with E-state index in [4.69, 9.17) is 23.2 Å². The summed E-state index contributed by atoms with van der Waals surface area (Å²) in [6, 6.07) is 9.60. The van der Waals surface area contributed by atoms with Gasteiger partial charge in [-0.05, 0) is 29.8 Å². The van der Waals surface area contributed by atoms with Crippen molar-refractivity contribution in [3.05, 3.63) is 70.6 Å². The third kappa shape index (κ3) is 3.24. The molecular weight excluding hydrogens is 400 g/mol. The van der Waals surface area contributed by atoms with E-state index < -0.39 is 11.7 Å². The summed E-state index contributed by atoms with van der Waals surface area (Å²) in [5.41, 5.74) is 1.82. The van der Waals surface area contributed by atoms with E-state index in [0.717, 1.165) is 23.4 Å². The quantitative estimate of drug-likeness (QED) is 0.421. The van der Waals surface area contributed by atoms with Crippen LogP contribution in [-0.4, -0.2) is 19.6 Å². The number of aromatic nitrogens is 4. The standard InChI is InChI=1S/C18H9Cl2F3N4/c19-12-3-1-10(2-4-12)13-9-26-27-15(5-6-24-17(13)27)16-14(20)7-11(8-25-16)18(21,22)23/h1-9H. The average Bonchev–Trinajstić information content (AvgIpc) is 3.06. The molecule has 3 heterocycles. The van der Waals surface area contributed by atoms with Gasteiger partial charge in [0.05, 0.1) is 22.5 Å². The summed E-state index contributed by atoms with van der Waals surface area (Å²) >= 11 is 12.0. The minimum Gasteiger partial charge on any atom is -0.252 e. The van der Waals surface area contributed by atoms with Crippen LogP contribution in [-0.2, 0) is 6.18 Å². The highest BCUT2D eigenvalue weighted by molar-refractivity contribution is 6.33. The van der Waals surface area contributed by atoms with Crippen LogP contribution in [0.25, 0.3) is 28.2 Å². The SMILES string of the molecule is FC(F)(F)c1cnc(-c2ccnc3c(-c4ccc(Cl)cc4)cnn23)c(Cl)c1. The maximum Gasteiger partial charge on any atom is 0.417 e. The molecule has 4 aromatic rings. The van der Waals surface area contributed by atoms with Gasteiger partial charge in [-0.25, -0.2) is 9.50 Å². The summed E-state index contributed by atoms with van der Waals surface area (Å²) in [7, 11) is 0. The van der Waals surface area contributed by atoms with E-state index in [9.17, 15) is 13.2 Å². The normalized spacial score (nSPS) is 11.9. The van der Waals surface area contributed by atoms with Gasteiger partial charge >= 0.3 is 6.18 Å². The molecule has 0 radical (unpaired) electrons. The number of alkyl halides is 3. The summed E-state index contributed by atoms with van der Waals surface area (Å²) < 4.78 is 40.0. The van der Waals surface area contributed by atoms with Gasteiger partial charge in [0.25, 0.3) is 0 Å². The van der Waals surface area contributed by atoms with Gasteiger partial charge in [-0.3, -0.25) is 4.98 Å². The second kappa shape index (κ2) is 6.51. The first-order chi connectivity index (χ1) is 12.8. The molecule has 1 aromatic carbocycles. The Bertz CT molecular complexity index is 1140. The van der Waals surface area contributed by atoms with E-state index in [2.05, 4.69) is 15.1 Å². The summed E-state index contributed by atoms with van der Waals surface area (Å²) in [6.45, 7) is 0. The van der Waals surface area contributed by atoms with Crippen molar-refractivity contribution < 1.29 is 13.2 Å². The van der Waals surface area contributed by atoms with Gasteiger partial charge in [0.15, 0.2) is 5.65 Å². The lowest BCUT2D eigenvalue weighted by Crippen LogP contribution is -2.06. The van der Waals surface area contributed by atoms with E-state index in [-0.39, 0.29) is 10.7 Å². The van der Waals surface area contributed by atoms with E-state index in [1.807, 2.05) is 12.1 Å². The first-order valence-electron chi connectivity index (χ1n) is 7.66. The first-order valence-corrected chi connectivity index (χ1v) is 8.42. The number of rotatable bonds is 2. The Morgan fingerprint density at radius 2 is 1.67 bits per heavy atom. The van der Waals surface area contributed by atoms with E-state index in [1.165, 1.54) is 10.7 Å². The predicted molar refractivity (Wildman–Crippen MR) is 96.7 cm³/mol. The van der Waals surface area contributed by atoms with Crippen molar-refractivity contribution in [2.75, 3.05) is 0 Å². The zero-order valence-corrected chi connectivity index (χ0v) is 14.9. The molecule has 0 aliphatic carbocycles. The molecule has 0 saturated heterocycles. The molecule has 0 aliphatic rings. The van der Waals surface area contributed by atoms with Gasteiger partial charge in [-0.1, -0.05) is 35.3 Å². The van der Waals surface area contributed by atoms with E-state index in [1.54, 1.807) is 24.4 Å². The van der Waals surface area contributed by atoms with Crippen molar-refractivity contribution in [3.63, 3.8) is 0 Å². The van der Waals surface area contributed by atoms with Crippen LogP contribution in [0.4, 0.5) is 13.2 Å². The number of hydrogen-bond donors (Lipinski definition) is 0. The molecule has 0 amide bonds. The summed E-state index contributed by atoms with van der Waals surface area (Å²) in [5.74, 6) is 0. The highest BCUT2D eigenvalue weighted by Crippen LogP contribution is 2.34. The second-order valence-corrected chi connectivity index (χ2v) is 6.53. The van der Waals surface area contributed by atoms with Crippen molar-refractivity contribution in [1.82, 2.24) is 19.6 Å². The fourth-order valence-corrected chi connectivity index (χ4v) is 3.07. The van der Waals surface area contributed by atoms with Gasteiger partial charge in [-0.15, -0.1) is 0 Å². The summed E-state index contributed by atoms with van der Waals surface area (Å²) in [4.78, 5) is 8.23. The maximum atomic E-state index is 12.8. The van der Waals surface area contributed by atoms with Crippen LogP contribution in [0.15, 0.2) is 55.0 Å². The predicted octanol–water partition coefficient (Wildman–Crippen LogP) is 5.78. The van der Waals surface area contributed by atoms with Crippen molar-refractivity contribution in [1.29, 1.82) is 0 Å². The number of halogens is 5. The fraction of sp³-hybridized carbons (Fsp3) is 0.0556. The van der Waals surface area contributed by atoms with E-state index in [0.29, 0.717) is 16.4 Å². The van der Waals surface area contributed by atoms with Gasteiger partial charge in [0.1, 0.15) is 5.69 Å². The lowest BCUT2D eigenvalue weighted by molar-refractivity contribution is -0.137. The maximum absolute atomic E-state index is 12.8. The van der Waals surface area contributed by atoms with Crippen LogP contribution in [0.1, 0.15) is 5.56 Å². The van der Waals surface area contributed by atoms with Gasteiger partial charge < -0.3 is 0 Å².